The SMILES string of the molecule is C[C@@H]1CNC[C@H](C)N1Cc1cncn1Cc1ccc(C#N)cc1. The highest BCUT2D eigenvalue weighted by atomic mass is 15.3. The summed E-state index contributed by atoms with van der Waals surface area (Å²) in [6, 6.07) is 11.0. The summed E-state index contributed by atoms with van der Waals surface area (Å²) in [5.74, 6) is 0. The molecule has 1 aromatic heterocycles. The van der Waals surface area contributed by atoms with E-state index in [0.29, 0.717) is 17.6 Å². The maximum atomic E-state index is 8.89. The second kappa shape index (κ2) is 6.95. The Hall–Kier alpha value is -2.16. The first-order valence-electron chi connectivity index (χ1n) is 8.12. The van der Waals surface area contributed by atoms with Crippen molar-refractivity contribution in [2.75, 3.05) is 13.1 Å². The molecule has 120 valence electrons. The van der Waals surface area contributed by atoms with Crippen LogP contribution in [-0.2, 0) is 13.1 Å². The number of aromatic nitrogens is 2. The maximum Gasteiger partial charge on any atom is 0.0991 e. The molecule has 1 aliphatic rings. The van der Waals surface area contributed by atoms with Crippen LogP contribution in [0.1, 0.15) is 30.7 Å². The minimum Gasteiger partial charge on any atom is -0.329 e. The third-order valence-electron chi connectivity index (χ3n) is 4.59. The van der Waals surface area contributed by atoms with E-state index in [9.17, 15) is 0 Å². The van der Waals surface area contributed by atoms with Crippen LogP contribution >= 0.6 is 0 Å². The second-order valence-electron chi connectivity index (χ2n) is 6.35. The molecule has 1 fully saturated rings. The minimum absolute atomic E-state index is 0.525. The van der Waals surface area contributed by atoms with Crippen molar-refractivity contribution in [1.29, 1.82) is 5.26 Å². The number of hydrogen-bond acceptors (Lipinski definition) is 4. The van der Waals surface area contributed by atoms with Gasteiger partial charge in [-0.1, -0.05) is 12.1 Å². The van der Waals surface area contributed by atoms with Gasteiger partial charge in [0.15, 0.2) is 0 Å². The Bertz CT molecular complexity index is 672. The predicted molar refractivity (Wildman–Crippen MR) is 89.8 cm³/mol. The lowest BCUT2D eigenvalue weighted by molar-refractivity contribution is 0.106. The van der Waals surface area contributed by atoms with Crippen molar-refractivity contribution in [2.24, 2.45) is 0 Å². The van der Waals surface area contributed by atoms with Gasteiger partial charge in [0.25, 0.3) is 0 Å². The van der Waals surface area contributed by atoms with Crippen LogP contribution in [0.25, 0.3) is 0 Å². The Labute approximate surface area is 137 Å². The van der Waals surface area contributed by atoms with E-state index in [2.05, 4.69) is 39.7 Å². The van der Waals surface area contributed by atoms with Crippen molar-refractivity contribution in [2.45, 2.75) is 39.0 Å². The number of imidazole rings is 1. The normalized spacial score (nSPS) is 22.0. The molecule has 3 rings (SSSR count). The zero-order valence-electron chi connectivity index (χ0n) is 13.7. The third-order valence-corrected chi connectivity index (χ3v) is 4.59. The summed E-state index contributed by atoms with van der Waals surface area (Å²) < 4.78 is 2.20. The fourth-order valence-electron chi connectivity index (χ4n) is 3.17. The van der Waals surface area contributed by atoms with Crippen LogP contribution in [0.4, 0.5) is 0 Å². The van der Waals surface area contributed by atoms with Gasteiger partial charge in [0, 0.05) is 44.5 Å². The van der Waals surface area contributed by atoms with Gasteiger partial charge in [-0.3, -0.25) is 4.90 Å². The molecule has 0 spiro atoms. The number of piperazine rings is 1. The van der Waals surface area contributed by atoms with Crippen LogP contribution in [0.3, 0.4) is 0 Å². The van der Waals surface area contributed by atoms with E-state index < -0.39 is 0 Å². The fraction of sp³-hybridized carbons (Fsp3) is 0.444. The topological polar surface area (TPSA) is 56.9 Å². The number of hydrogen-bond donors (Lipinski definition) is 1. The zero-order valence-corrected chi connectivity index (χ0v) is 13.7. The third kappa shape index (κ3) is 3.61. The Morgan fingerprint density at radius 3 is 2.52 bits per heavy atom. The summed E-state index contributed by atoms with van der Waals surface area (Å²) in [4.78, 5) is 6.87. The molecule has 0 bridgehead atoms. The summed E-state index contributed by atoms with van der Waals surface area (Å²) in [6.45, 7) is 8.31. The van der Waals surface area contributed by atoms with Crippen molar-refractivity contribution in [3.05, 3.63) is 53.6 Å². The maximum absolute atomic E-state index is 8.89. The van der Waals surface area contributed by atoms with Gasteiger partial charge in [0.05, 0.1) is 23.7 Å². The van der Waals surface area contributed by atoms with Crippen LogP contribution in [-0.4, -0.2) is 39.6 Å². The number of nitrogens with zero attached hydrogens (tertiary/aromatic N) is 4. The summed E-state index contributed by atoms with van der Waals surface area (Å²) in [6.07, 6.45) is 3.86. The predicted octanol–water partition coefficient (Wildman–Crippen LogP) is 1.99. The van der Waals surface area contributed by atoms with E-state index in [1.165, 1.54) is 11.3 Å². The van der Waals surface area contributed by atoms with Crippen LogP contribution in [0, 0.1) is 11.3 Å². The molecule has 23 heavy (non-hydrogen) atoms. The van der Waals surface area contributed by atoms with Gasteiger partial charge in [-0.25, -0.2) is 4.98 Å². The van der Waals surface area contributed by atoms with Gasteiger partial charge in [-0.15, -0.1) is 0 Å². The van der Waals surface area contributed by atoms with Gasteiger partial charge in [0.1, 0.15) is 0 Å². The molecule has 0 radical (unpaired) electrons. The molecular weight excluding hydrogens is 286 g/mol. The molecule has 2 heterocycles. The molecule has 2 atom stereocenters. The molecule has 5 heteroatoms. The van der Waals surface area contributed by atoms with E-state index in [0.717, 1.165) is 26.2 Å². The lowest BCUT2D eigenvalue weighted by Gasteiger charge is -2.39. The summed E-state index contributed by atoms with van der Waals surface area (Å²) >= 11 is 0. The first kappa shape index (κ1) is 15.7. The first-order chi connectivity index (χ1) is 11.2. The number of nitriles is 1. The number of benzene rings is 1. The van der Waals surface area contributed by atoms with Gasteiger partial charge < -0.3 is 9.88 Å². The van der Waals surface area contributed by atoms with Crippen molar-refractivity contribution < 1.29 is 0 Å². The molecule has 0 aliphatic carbocycles. The van der Waals surface area contributed by atoms with Gasteiger partial charge >= 0.3 is 0 Å². The Morgan fingerprint density at radius 1 is 1.17 bits per heavy atom. The first-order valence-corrected chi connectivity index (χ1v) is 8.12. The zero-order chi connectivity index (χ0) is 16.2. The fourth-order valence-corrected chi connectivity index (χ4v) is 3.17. The van der Waals surface area contributed by atoms with Crippen molar-refractivity contribution in [1.82, 2.24) is 19.8 Å². The molecule has 1 aromatic carbocycles. The molecule has 0 unspecified atom stereocenters. The average molecular weight is 309 g/mol. The van der Waals surface area contributed by atoms with Crippen molar-refractivity contribution >= 4 is 0 Å². The minimum atomic E-state index is 0.525. The van der Waals surface area contributed by atoms with Crippen LogP contribution in [0.2, 0.25) is 0 Å². The van der Waals surface area contributed by atoms with E-state index in [4.69, 9.17) is 5.26 Å². The van der Waals surface area contributed by atoms with Crippen LogP contribution < -0.4 is 5.32 Å². The molecule has 1 saturated heterocycles. The molecule has 5 nitrogen and oxygen atoms in total. The van der Waals surface area contributed by atoms with Gasteiger partial charge in [-0.05, 0) is 31.5 Å². The largest absolute Gasteiger partial charge is 0.329 e. The molecule has 0 saturated carbocycles. The van der Waals surface area contributed by atoms with E-state index in [1.54, 1.807) is 0 Å². The van der Waals surface area contributed by atoms with Crippen molar-refractivity contribution in [3.63, 3.8) is 0 Å². The van der Waals surface area contributed by atoms with Gasteiger partial charge in [0.2, 0.25) is 0 Å². The molecule has 2 aromatic rings. The Kier molecular flexibility index (Phi) is 4.75. The molecular formula is C18H23N5. The average Bonchev–Trinajstić information content (AvgIpc) is 2.99. The van der Waals surface area contributed by atoms with Crippen LogP contribution in [0.5, 0.6) is 0 Å². The number of rotatable bonds is 4. The lowest BCUT2D eigenvalue weighted by atomic mass is 10.1. The highest BCUT2D eigenvalue weighted by molar-refractivity contribution is 5.31. The second-order valence-corrected chi connectivity index (χ2v) is 6.35. The van der Waals surface area contributed by atoms with E-state index >= 15 is 0 Å². The molecule has 1 N–H and O–H groups in total. The summed E-state index contributed by atoms with van der Waals surface area (Å²) in [5, 5.41) is 12.4. The number of nitrogens with one attached hydrogen (secondary N) is 1. The monoisotopic (exact) mass is 309 g/mol. The van der Waals surface area contributed by atoms with E-state index in [1.807, 2.05) is 36.8 Å². The molecule has 0 amide bonds. The summed E-state index contributed by atoms with van der Waals surface area (Å²) in [5.41, 5.74) is 3.11. The highest BCUT2D eigenvalue weighted by Crippen LogP contribution is 2.16. The smallest absolute Gasteiger partial charge is 0.0991 e. The quantitative estimate of drug-likeness (QED) is 0.938. The Morgan fingerprint density at radius 2 is 1.87 bits per heavy atom. The lowest BCUT2D eigenvalue weighted by Crippen LogP contribution is -2.54. The highest BCUT2D eigenvalue weighted by Gasteiger charge is 2.25. The van der Waals surface area contributed by atoms with Crippen molar-refractivity contribution in [3.8, 4) is 6.07 Å². The van der Waals surface area contributed by atoms with Crippen LogP contribution in [0.15, 0.2) is 36.8 Å². The molecule has 1 aliphatic heterocycles. The summed E-state index contributed by atoms with van der Waals surface area (Å²) in [7, 11) is 0. The van der Waals surface area contributed by atoms with Gasteiger partial charge in [-0.2, -0.15) is 5.26 Å². The standard InChI is InChI=1S/C18H23N5/c1-14-8-20-9-15(2)23(14)12-18-10-21-13-22(18)11-17-5-3-16(7-19)4-6-17/h3-6,10,13-15,20H,8-9,11-12H2,1-2H3/t14-,15+. The van der Waals surface area contributed by atoms with E-state index in [-0.39, 0.29) is 0 Å². The Balaban J connectivity index is 1.72.